The van der Waals surface area contributed by atoms with Crippen LogP contribution in [0.1, 0.15) is 46.5 Å². The summed E-state index contributed by atoms with van der Waals surface area (Å²) in [4.78, 5) is 0. The number of rotatable bonds is 7. The lowest BCUT2D eigenvalue weighted by Crippen LogP contribution is -2.23. The van der Waals surface area contributed by atoms with Gasteiger partial charge in [-0.2, -0.15) is 8.42 Å². The van der Waals surface area contributed by atoms with Gasteiger partial charge in [0.15, 0.2) is 5.44 Å². The van der Waals surface area contributed by atoms with E-state index in [0.717, 1.165) is 6.42 Å². The second kappa shape index (κ2) is 5.95. The summed E-state index contributed by atoms with van der Waals surface area (Å²) in [6, 6.07) is 0. The van der Waals surface area contributed by atoms with Crippen LogP contribution in [0.25, 0.3) is 0 Å². The summed E-state index contributed by atoms with van der Waals surface area (Å²) in [6.07, 6.45) is 2.10. The molecule has 0 aromatic heterocycles. The maximum absolute atomic E-state index is 10.6. The molecule has 0 radical (unpaired) electrons. The van der Waals surface area contributed by atoms with Gasteiger partial charge in [0.05, 0.1) is 5.60 Å². The van der Waals surface area contributed by atoms with Crippen LogP contribution >= 0.6 is 0 Å². The van der Waals surface area contributed by atoms with Gasteiger partial charge in [-0.25, -0.2) is 0 Å². The van der Waals surface area contributed by atoms with Gasteiger partial charge >= 0.3 is 0 Å². The molecule has 5 nitrogen and oxygen atoms in total. The Bertz CT molecular complexity index is 291. The molecule has 0 aliphatic rings. The zero-order valence-electron chi connectivity index (χ0n) is 10.0. The Labute approximate surface area is 97.2 Å². The molecule has 0 amide bonds. The van der Waals surface area contributed by atoms with Crippen LogP contribution in [-0.4, -0.2) is 34.2 Å². The van der Waals surface area contributed by atoms with Crippen LogP contribution in [0.2, 0.25) is 0 Å². The summed E-state index contributed by atoms with van der Waals surface area (Å²) in [5, 5.41) is 18.6. The monoisotopic (exact) mass is 254 g/mol. The highest BCUT2D eigenvalue weighted by Gasteiger charge is 2.22. The largest absolute Gasteiger partial charge is 0.390 e. The van der Waals surface area contributed by atoms with Crippen molar-refractivity contribution in [2.75, 3.05) is 0 Å². The summed E-state index contributed by atoms with van der Waals surface area (Å²) >= 11 is 0. The van der Waals surface area contributed by atoms with Crippen LogP contribution in [0.3, 0.4) is 0 Å². The molecule has 0 unspecified atom stereocenters. The minimum absolute atomic E-state index is 0.0146. The van der Waals surface area contributed by atoms with Crippen LogP contribution in [-0.2, 0) is 10.1 Å². The second-order valence-electron chi connectivity index (χ2n) is 5.02. The van der Waals surface area contributed by atoms with E-state index in [1.807, 2.05) is 0 Å². The van der Waals surface area contributed by atoms with Crippen molar-refractivity contribution in [3.8, 4) is 0 Å². The van der Waals surface area contributed by atoms with Crippen molar-refractivity contribution in [3.63, 3.8) is 0 Å². The van der Waals surface area contributed by atoms with Crippen LogP contribution in [0, 0.1) is 5.92 Å². The summed E-state index contributed by atoms with van der Waals surface area (Å²) in [5.74, 6) is -0.0146. The maximum atomic E-state index is 10.6. The van der Waals surface area contributed by atoms with E-state index in [2.05, 4.69) is 0 Å². The topological polar surface area (TPSA) is 94.8 Å². The average molecular weight is 254 g/mol. The van der Waals surface area contributed by atoms with Gasteiger partial charge in [0, 0.05) is 0 Å². The van der Waals surface area contributed by atoms with Gasteiger partial charge < -0.3 is 10.2 Å². The molecule has 0 saturated heterocycles. The standard InChI is InChI=1S/C10H22O5S/c1-8(5-4-6-10(2,3)12)7-9(11)16(13,14)15/h8-9,11-12H,4-7H2,1-3H3,(H,13,14,15)/t8-,9+/m1/s1. The average Bonchev–Trinajstić information content (AvgIpc) is 1.99. The van der Waals surface area contributed by atoms with Gasteiger partial charge in [-0.05, 0) is 32.6 Å². The van der Waals surface area contributed by atoms with Crippen molar-refractivity contribution in [2.24, 2.45) is 5.92 Å². The molecule has 98 valence electrons. The molecule has 0 aliphatic carbocycles. The van der Waals surface area contributed by atoms with Gasteiger partial charge in [0.1, 0.15) is 0 Å². The number of aliphatic hydroxyl groups is 2. The third-order valence-electron chi connectivity index (χ3n) is 2.43. The number of aliphatic hydroxyl groups excluding tert-OH is 1. The van der Waals surface area contributed by atoms with E-state index in [-0.39, 0.29) is 12.3 Å². The third-order valence-corrected chi connectivity index (χ3v) is 3.31. The van der Waals surface area contributed by atoms with Crippen LogP contribution in [0.15, 0.2) is 0 Å². The molecule has 3 N–H and O–H groups in total. The highest BCUT2D eigenvalue weighted by molar-refractivity contribution is 7.86. The SMILES string of the molecule is C[C@H](CCCC(C)(C)O)C[C@@H](O)S(=O)(=O)O. The first-order valence-electron chi connectivity index (χ1n) is 5.39. The second-order valence-corrected chi connectivity index (χ2v) is 6.59. The Morgan fingerprint density at radius 2 is 1.81 bits per heavy atom. The predicted molar refractivity (Wildman–Crippen MR) is 61.5 cm³/mol. The van der Waals surface area contributed by atoms with Crippen molar-refractivity contribution >= 4 is 10.1 Å². The van der Waals surface area contributed by atoms with E-state index in [1.54, 1.807) is 20.8 Å². The Morgan fingerprint density at radius 1 is 1.31 bits per heavy atom. The molecule has 0 rings (SSSR count). The lowest BCUT2D eigenvalue weighted by molar-refractivity contribution is 0.0664. The summed E-state index contributed by atoms with van der Waals surface area (Å²) in [5.41, 5.74) is -2.42. The molecule has 2 atom stereocenters. The number of hydrogen-bond acceptors (Lipinski definition) is 4. The Hall–Kier alpha value is -0.170. The lowest BCUT2D eigenvalue weighted by Gasteiger charge is -2.19. The van der Waals surface area contributed by atoms with Gasteiger partial charge in [-0.1, -0.05) is 19.8 Å². The number of hydrogen-bond donors (Lipinski definition) is 3. The molecular weight excluding hydrogens is 232 g/mol. The van der Waals surface area contributed by atoms with Gasteiger partial charge in [0.2, 0.25) is 0 Å². The fraction of sp³-hybridized carbons (Fsp3) is 1.00. The normalized spacial score (nSPS) is 17.1. The van der Waals surface area contributed by atoms with Crippen LogP contribution in [0.5, 0.6) is 0 Å². The predicted octanol–water partition coefficient (Wildman–Crippen LogP) is 1.16. The summed E-state index contributed by atoms with van der Waals surface area (Å²) < 4.78 is 29.7. The van der Waals surface area contributed by atoms with Gasteiger partial charge in [-0.15, -0.1) is 0 Å². The Balaban J connectivity index is 3.88. The van der Waals surface area contributed by atoms with Crippen molar-refractivity contribution in [2.45, 2.75) is 57.5 Å². The molecule has 0 aromatic carbocycles. The first-order chi connectivity index (χ1) is 7.02. The van der Waals surface area contributed by atoms with E-state index in [1.165, 1.54) is 0 Å². The van der Waals surface area contributed by atoms with Gasteiger partial charge in [0.25, 0.3) is 10.1 Å². The zero-order valence-corrected chi connectivity index (χ0v) is 10.9. The smallest absolute Gasteiger partial charge is 0.291 e. The van der Waals surface area contributed by atoms with E-state index in [9.17, 15) is 13.5 Å². The Kier molecular flexibility index (Phi) is 5.89. The molecule has 0 aliphatic heterocycles. The van der Waals surface area contributed by atoms with Gasteiger partial charge in [-0.3, -0.25) is 4.55 Å². The van der Waals surface area contributed by atoms with E-state index in [4.69, 9.17) is 9.66 Å². The maximum Gasteiger partial charge on any atom is 0.291 e. The minimum Gasteiger partial charge on any atom is -0.390 e. The molecule has 0 heterocycles. The molecule has 0 spiro atoms. The van der Waals surface area contributed by atoms with Crippen molar-refractivity contribution in [1.29, 1.82) is 0 Å². The molecular formula is C10H22O5S. The summed E-state index contributed by atoms with van der Waals surface area (Å²) in [7, 11) is -4.35. The van der Waals surface area contributed by atoms with Crippen molar-refractivity contribution in [1.82, 2.24) is 0 Å². The molecule has 0 fully saturated rings. The molecule has 0 aromatic rings. The highest BCUT2D eigenvalue weighted by atomic mass is 32.2. The molecule has 16 heavy (non-hydrogen) atoms. The molecule has 0 bridgehead atoms. The van der Waals surface area contributed by atoms with Crippen LogP contribution < -0.4 is 0 Å². The summed E-state index contributed by atoms with van der Waals surface area (Å²) in [6.45, 7) is 5.23. The van der Waals surface area contributed by atoms with E-state index < -0.39 is 21.2 Å². The fourth-order valence-electron chi connectivity index (χ4n) is 1.47. The fourth-order valence-corrected chi connectivity index (χ4v) is 2.04. The van der Waals surface area contributed by atoms with E-state index >= 15 is 0 Å². The molecule has 0 saturated carbocycles. The molecule has 6 heteroatoms. The first kappa shape index (κ1) is 15.8. The van der Waals surface area contributed by atoms with E-state index in [0.29, 0.717) is 12.8 Å². The lowest BCUT2D eigenvalue weighted by atomic mass is 9.95. The highest BCUT2D eigenvalue weighted by Crippen LogP contribution is 2.19. The minimum atomic E-state index is -4.35. The zero-order chi connectivity index (χ0) is 13.0. The van der Waals surface area contributed by atoms with Crippen LogP contribution in [0.4, 0.5) is 0 Å². The quantitative estimate of drug-likeness (QED) is 0.593. The third kappa shape index (κ3) is 8.04. The first-order valence-corrected chi connectivity index (χ1v) is 6.89. The Morgan fingerprint density at radius 3 is 2.19 bits per heavy atom. The van der Waals surface area contributed by atoms with Crippen molar-refractivity contribution in [3.05, 3.63) is 0 Å². The van der Waals surface area contributed by atoms with Crippen molar-refractivity contribution < 1.29 is 23.2 Å².